The molecule has 1 atom stereocenters. The van der Waals surface area contributed by atoms with E-state index >= 15 is 0 Å². The van der Waals surface area contributed by atoms with Crippen molar-refractivity contribution in [3.05, 3.63) is 66.2 Å². The number of nitrogens with zero attached hydrogens (tertiary/aromatic N) is 4. The molecule has 1 unspecified atom stereocenters. The van der Waals surface area contributed by atoms with Crippen molar-refractivity contribution in [2.75, 3.05) is 70.9 Å². The lowest BCUT2D eigenvalue weighted by Crippen LogP contribution is -2.50. The average molecular weight is 422 g/mol. The summed E-state index contributed by atoms with van der Waals surface area (Å²) in [5.74, 6) is 0. The minimum Gasteiger partial charge on any atom is -0.370 e. The first-order valence-electron chi connectivity index (χ1n) is 11.5. The van der Waals surface area contributed by atoms with E-state index < -0.39 is 0 Å². The van der Waals surface area contributed by atoms with Crippen molar-refractivity contribution < 1.29 is 4.79 Å². The van der Waals surface area contributed by atoms with Gasteiger partial charge in [-0.05, 0) is 31.2 Å². The van der Waals surface area contributed by atoms with Crippen LogP contribution in [-0.2, 0) is 0 Å². The molecule has 0 bridgehead atoms. The van der Waals surface area contributed by atoms with Gasteiger partial charge >= 0.3 is 6.03 Å². The molecule has 0 aromatic heterocycles. The Bertz CT molecular complexity index is 807. The minimum absolute atomic E-state index is 0.00517. The number of piperazine rings is 1. The van der Waals surface area contributed by atoms with E-state index in [1.807, 2.05) is 17.0 Å². The summed E-state index contributed by atoms with van der Waals surface area (Å²) in [6.45, 7) is 8.50. The Balaban J connectivity index is 1.38. The lowest BCUT2D eigenvalue weighted by Gasteiger charge is -2.35. The quantitative estimate of drug-likeness (QED) is 0.806. The second kappa shape index (κ2) is 10.6. The number of hydrogen-bond acceptors (Lipinski definition) is 4. The molecule has 2 saturated heterocycles. The van der Waals surface area contributed by atoms with Crippen LogP contribution in [0.4, 0.5) is 10.5 Å². The number of nitrogens with one attached hydrogen (secondary N) is 1. The number of likely N-dealkylation sites (N-methyl/N-ethyl adjacent to an activating group) is 1. The van der Waals surface area contributed by atoms with Gasteiger partial charge in [-0.15, -0.1) is 0 Å². The highest BCUT2D eigenvalue weighted by Crippen LogP contribution is 2.18. The van der Waals surface area contributed by atoms with E-state index in [4.69, 9.17) is 0 Å². The maximum atomic E-state index is 13.2. The van der Waals surface area contributed by atoms with Crippen LogP contribution in [0.25, 0.3) is 0 Å². The lowest BCUT2D eigenvalue weighted by molar-refractivity contribution is 0.139. The molecule has 2 fully saturated rings. The molecule has 1 N–H and O–H groups in total. The predicted octanol–water partition coefficient (Wildman–Crippen LogP) is 2.90. The van der Waals surface area contributed by atoms with Gasteiger partial charge in [0.1, 0.15) is 0 Å². The molecule has 0 saturated carbocycles. The number of para-hydroxylation sites is 1. The fraction of sp³-hybridized carbons (Fsp3) is 0.480. The van der Waals surface area contributed by atoms with E-state index in [0.717, 1.165) is 65.3 Å². The summed E-state index contributed by atoms with van der Waals surface area (Å²) in [5, 5.41) is 3.36. The van der Waals surface area contributed by atoms with Crippen LogP contribution in [0.5, 0.6) is 0 Å². The third kappa shape index (κ3) is 5.99. The number of amides is 2. The topological polar surface area (TPSA) is 42.1 Å². The van der Waals surface area contributed by atoms with E-state index in [1.165, 1.54) is 11.3 Å². The van der Waals surface area contributed by atoms with E-state index in [1.54, 1.807) is 0 Å². The van der Waals surface area contributed by atoms with Crippen LogP contribution in [0.2, 0.25) is 0 Å². The van der Waals surface area contributed by atoms with Gasteiger partial charge in [0.15, 0.2) is 0 Å². The Morgan fingerprint density at radius 2 is 1.52 bits per heavy atom. The smallest absolute Gasteiger partial charge is 0.317 e. The van der Waals surface area contributed by atoms with Gasteiger partial charge in [-0.1, -0.05) is 48.5 Å². The Hall–Kier alpha value is -2.57. The number of urea groups is 1. The van der Waals surface area contributed by atoms with Gasteiger partial charge in [0.25, 0.3) is 0 Å². The molecule has 4 rings (SSSR count). The summed E-state index contributed by atoms with van der Waals surface area (Å²) in [7, 11) is 2.17. The van der Waals surface area contributed by atoms with Crippen molar-refractivity contribution in [3.8, 4) is 0 Å². The van der Waals surface area contributed by atoms with Crippen molar-refractivity contribution in [1.82, 2.24) is 20.0 Å². The zero-order valence-corrected chi connectivity index (χ0v) is 18.6. The van der Waals surface area contributed by atoms with Gasteiger partial charge < -0.3 is 20.0 Å². The summed E-state index contributed by atoms with van der Waals surface area (Å²) < 4.78 is 0. The van der Waals surface area contributed by atoms with Crippen LogP contribution >= 0.6 is 0 Å². The highest BCUT2D eigenvalue weighted by molar-refractivity contribution is 5.75. The number of carbonyl (C=O) groups is 1. The first kappa shape index (κ1) is 21.7. The molecule has 2 amide bonds. The molecule has 31 heavy (non-hydrogen) atoms. The highest BCUT2D eigenvalue weighted by atomic mass is 16.2. The summed E-state index contributed by atoms with van der Waals surface area (Å²) >= 11 is 0. The zero-order chi connectivity index (χ0) is 21.5. The van der Waals surface area contributed by atoms with Gasteiger partial charge in [0.05, 0.1) is 6.04 Å². The fourth-order valence-corrected chi connectivity index (χ4v) is 4.47. The van der Waals surface area contributed by atoms with Crippen molar-refractivity contribution >= 4 is 11.7 Å². The number of hydrogen-bond donors (Lipinski definition) is 1. The number of rotatable bonds is 5. The second-order valence-electron chi connectivity index (χ2n) is 8.68. The summed E-state index contributed by atoms with van der Waals surface area (Å²) in [5.41, 5.74) is 2.41. The Morgan fingerprint density at radius 3 is 2.23 bits per heavy atom. The SMILES string of the molecule is CN1CCN(CC(NC(=O)N2CCCN(c3ccccc3)CC2)c2ccccc2)CC1. The van der Waals surface area contributed by atoms with E-state index in [2.05, 4.69) is 75.6 Å². The molecule has 166 valence electrons. The molecule has 6 heteroatoms. The maximum Gasteiger partial charge on any atom is 0.317 e. The van der Waals surface area contributed by atoms with Crippen LogP contribution in [0.1, 0.15) is 18.0 Å². The van der Waals surface area contributed by atoms with Gasteiger partial charge in [0.2, 0.25) is 0 Å². The zero-order valence-electron chi connectivity index (χ0n) is 18.6. The molecule has 6 nitrogen and oxygen atoms in total. The number of anilines is 1. The molecule has 0 radical (unpaired) electrons. The van der Waals surface area contributed by atoms with Crippen LogP contribution in [0, 0.1) is 0 Å². The predicted molar refractivity (Wildman–Crippen MR) is 126 cm³/mol. The summed E-state index contributed by atoms with van der Waals surface area (Å²) in [6, 6.07) is 21.0. The maximum absolute atomic E-state index is 13.2. The van der Waals surface area contributed by atoms with E-state index in [-0.39, 0.29) is 12.1 Å². The van der Waals surface area contributed by atoms with Crippen molar-refractivity contribution in [2.24, 2.45) is 0 Å². The lowest BCUT2D eigenvalue weighted by atomic mass is 10.1. The van der Waals surface area contributed by atoms with Gasteiger partial charge in [-0.2, -0.15) is 0 Å². The second-order valence-corrected chi connectivity index (χ2v) is 8.68. The summed E-state index contributed by atoms with van der Waals surface area (Å²) in [6.07, 6.45) is 0.983. The fourth-order valence-electron chi connectivity index (χ4n) is 4.47. The molecule has 2 aromatic rings. The molecular formula is C25H35N5O. The van der Waals surface area contributed by atoms with Gasteiger partial charge in [-0.3, -0.25) is 4.90 Å². The largest absolute Gasteiger partial charge is 0.370 e. The van der Waals surface area contributed by atoms with Gasteiger partial charge in [-0.25, -0.2) is 4.79 Å². The molecule has 2 aromatic carbocycles. The van der Waals surface area contributed by atoms with E-state index in [0.29, 0.717) is 0 Å². The Morgan fingerprint density at radius 1 is 0.839 bits per heavy atom. The minimum atomic E-state index is 0.00517. The Labute approximate surface area is 186 Å². The Kier molecular flexibility index (Phi) is 7.43. The molecule has 0 aliphatic carbocycles. The van der Waals surface area contributed by atoms with Crippen LogP contribution in [0.3, 0.4) is 0 Å². The van der Waals surface area contributed by atoms with Crippen molar-refractivity contribution in [1.29, 1.82) is 0 Å². The van der Waals surface area contributed by atoms with Crippen molar-refractivity contribution in [2.45, 2.75) is 12.5 Å². The molecule has 0 spiro atoms. The van der Waals surface area contributed by atoms with Gasteiger partial charge in [0, 0.05) is 64.6 Å². The molecule has 2 aliphatic rings. The normalized spacial score (nSPS) is 19.6. The third-order valence-corrected chi connectivity index (χ3v) is 6.44. The number of carbonyl (C=O) groups excluding carboxylic acids is 1. The monoisotopic (exact) mass is 421 g/mol. The first-order chi connectivity index (χ1) is 15.2. The average Bonchev–Trinajstić information content (AvgIpc) is 3.08. The molecule has 2 aliphatic heterocycles. The molecule has 2 heterocycles. The third-order valence-electron chi connectivity index (χ3n) is 6.44. The molecular weight excluding hydrogens is 386 g/mol. The van der Waals surface area contributed by atoms with Crippen LogP contribution < -0.4 is 10.2 Å². The van der Waals surface area contributed by atoms with Crippen molar-refractivity contribution in [3.63, 3.8) is 0 Å². The highest BCUT2D eigenvalue weighted by Gasteiger charge is 2.25. The van der Waals surface area contributed by atoms with Crippen LogP contribution in [0.15, 0.2) is 60.7 Å². The van der Waals surface area contributed by atoms with Crippen LogP contribution in [-0.4, -0.2) is 86.7 Å². The number of benzene rings is 2. The standard InChI is InChI=1S/C25H35N5O/c1-27-15-17-28(18-16-27)21-24(22-9-4-2-5-10-22)26-25(31)30-14-8-13-29(19-20-30)23-11-6-3-7-12-23/h2-7,9-12,24H,8,13-21H2,1H3,(H,26,31). The first-order valence-corrected chi connectivity index (χ1v) is 11.5. The van der Waals surface area contributed by atoms with E-state index in [9.17, 15) is 4.79 Å². The summed E-state index contributed by atoms with van der Waals surface area (Å²) in [4.78, 5) is 22.4.